The highest BCUT2D eigenvalue weighted by Gasteiger charge is 2.21. The Bertz CT molecular complexity index is 819. The first kappa shape index (κ1) is 14.5. The van der Waals surface area contributed by atoms with Crippen molar-refractivity contribution in [2.24, 2.45) is 0 Å². The Hall–Kier alpha value is -2.14. The van der Waals surface area contributed by atoms with Gasteiger partial charge in [-0.2, -0.15) is 0 Å². The average Bonchev–Trinajstić information content (AvgIpc) is 3.09. The van der Waals surface area contributed by atoms with E-state index in [2.05, 4.69) is 16.0 Å². The molecule has 2 aliphatic rings. The fourth-order valence-electron chi connectivity index (χ4n) is 3.62. The highest BCUT2D eigenvalue weighted by atomic mass is 16.5. The van der Waals surface area contributed by atoms with Gasteiger partial charge in [-0.25, -0.2) is 0 Å². The molecule has 3 heterocycles. The number of nitrogens with zero attached hydrogens (tertiary/aromatic N) is 1. The molecule has 0 bridgehead atoms. The summed E-state index contributed by atoms with van der Waals surface area (Å²) >= 11 is 0. The molecule has 2 aromatic rings. The van der Waals surface area contributed by atoms with Crippen molar-refractivity contribution in [3.63, 3.8) is 0 Å². The third kappa shape index (κ3) is 2.55. The number of ether oxygens (including phenoxy) is 1. The van der Waals surface area contributed by atoms with Gasteiger partial charge in [-0.3, -0.25) is 9.59 Å². The zero-order chi connectivity index (χ0) is 15.8. The monoisotopic (exact) mass is 312 g/mol. The summed E-state index contributed by atoms with van der Waals surface area (Å²) in [5.74, 6) is -0.299. The van der Waals surface area contributed by atoms with E-state index in [0.29, 0.717) is 11.9 Å². The SMILES string of the molecule is O=C(NC[C@@H]1CCCO1)c1cn2c3c(cccc3c1=O)CCC2. The maximum absolute atomic E-state index is 12.7. The van der Waals surface area contributed by atoms with Crippen molar-refractivity contribution in [2.75, 3.05) is 13.2 Å². The van der Waals surface area contributed by atoms with Crippen LogP contribution in [0.25, 0.3) is 10.9 Å². The molecule has 0 unspecified atom stereocenters. The second-order valence-electron chi connectivity index (χ2n) is 6.33. The van der Waals surface area contributed by atoms with Crippen LogP contribution in [0.1, 0.15) is 35.2 Å². The molecule has 0 saturated carbocycles. The lowest BCUT2D eigenvalue weighted by Gasteiger charge is -2.20. The van der Waals surface area contributed by atoms with Crippen molar-refractivity contribution in [3.8, 4) is 0 Å². The largest absolute Gasteiger partial charge is 0.376 e. The van der Waals surface area contributed by atoms with E-state index < -0.39 is 0 Å². The normalized spacial score (nSPS) is 19.9. The van der Waals surface area contributed by atoms with Gasteiger partial charge in [-0.05, 0) is 37.3 Å². The molecule has 23 heavy (non-hydrogen) atoms. The number of aromatic nitrogens is 1. The minimum Gasteiger partial charge on any atom is -0.376 e. The zero-order valence-electron chi connectivity index (χ0n) is 13.0. The lowest BCUT2D eigenvalue weighted by molar-refractivity contribution is 0.0856. The number of carbonyl (C=O) groups excluding carboxylic acids is 1. The van der Waals surface area contributed by atoms with Gasteiger partial charge in [0.05, 0.1) is 11.6 Å². The first-order valence-corrected chi connectivity index (χ1v) is 8.29. The van der Waals surface area contributed by atoms with Crippen LogP contribution in [0.4, 0.5) is 0 Å². The number of benzene rings is 1. The quantitative estimate of drug-likeness (QED) is 0.941. The van der Waals surface area contributed by atoms with Gasteiger partial charge in [-0.1, -0.05) is 12.1 Å². The Morgan fingerprint density at radius 1 is 1.35 bits per heavy atom. The Balaban J connectivity index is 1.68. The molecule has 1 atom stereocenters. The van der Waals surface area contributed by atoms with E-state index in [1.54, 1.807) is 6.20 Å². The van der Waals surface area contributed by atoms with Crippen LogP contribution >= 0.6 is 0 Å². The molecular formula is C18H20N2O3. The van der Waals surface area contributed by atoms with E-state index in [9.17, 15) is 9.59 Å². The Morgan fingerprint density at radius 2 is 2.26 bits per heavy atom. The molecular weight excluding hydrogens is 292 g/mol. The molecule has 1 aromatic carbocycles. The number of amides is 1. The van der Waals surface area contributed by atoms with Crippen LogP contribution in [0.5, 0.6) is 0 Å². The van der Waals surface area contributed by atoms with Crippen LogP contribution in [-0.4, -0.2) is 29.7 Å². The van der Waals surface area contributed by atoms with Gasteiger partial charge in [0.25, 0.3) is 5.91 Å². The van der Waals surface area contributed by atoms with E-state index in [1.165, 1.54) is 5.56 Å². The minimum absolute atomic E-state index is 0.0760. The first-order valence-electron chi connectivity index (χ1n) is 8.29. The van der Waals surface area contributed by atoms with Crippen LogP contribution in [0.3, 0.4) is 0 Å². The zero-order valence-corrected chi connectivity index (χ0v) is 13.0. The number of aryl methyl sites for hydroxylation is 2. The van der Waals surface area contributed by atoms with E-state index in [4.69, 9.17) is 4.74 Å². The number of carbonyl (C=O) groups is 1. The van der Waals surface area contributed by atoms with Crippen LogP contribution in [0.15, 0.2) is 29.2 Å². The summed E-state index contributed by atoms with van der Waals surface area (Å²) in [6.45, 7) is 2.07. The summed E-state index contributed by atoms with van der Waals surface area (Å²) < 4.78 is 7.56. The van der Waals surface area contributed by atoms with Crippen molar-refractivity contribution in [3.05, 3.63) is 45.7 Å². The van der Waals surface area contributed by atoms with Gasteiger partial charge in [0.15, 0.2) is 0 Å². The molecule has 0 aliphatic carbocycles. The predicted molar refractivity (Wildman–Crippen MR) is 87.8 cm³/mol. The highest BCUT2D eigenvalue weighted by Crippen LogP contribution is 2.23. The third-order valence-corrected chi connectivity index (χ3v) is 4.79. The summed E-state index contributed by atoms with van der Waals surface area (Å²) in [6.07, 6.45) is 5.82. The molecule has 5 nitrogen and oxygen atoms in total. The number of nitrogens with one attached hydrogen (secondary N) is 1. The predicted octanol–water partition coefficient (Wildman–Crippen LogP) is 1.86. The second kappa shape index (κ2) is 5.81. The van der Waals surface area contributed by atoms with Gasteiger partial charge in [0, 0.05) is 31.3 Å². The number of hydrogen-bond acceptors (Lipinski definition) is 3. The standard InChI is InChI=1S/C18H20N2O3/c21-17-14-7-1-4-12-5-2-8-20(16(12)14)11-15(17)18(22)19-10-13-6-3-9-23-13/h1,4,7,11,13H,2-3,5-6,8-10H2,(H,19,22)/t13-/m0/s1. The molecule has 2 aliphatic heterocycles. The molecule has 1 N–H and O–H groups in total. The Morgan fingerprint density at radius 3 is 3.09 bits per heavy atom. The van der Waals surface area contributed by atoms with Crippen LogP contribution in [0, 0.1) is 0 Å². The van der Waals surface area contributed by atoms with Gasteiger partial charge in [0.2, 0.25) is 5.43 Å². The highest BCUT2D eigenvalue weighted by molar-refractivity contribution is 5.97. The molecule has 120 valence electrons. The summed E-state index contributed by atoms with van der Waals surface area (Å²) in [6, 6.07) is 5.79. The number of hydrogen-bond donors (Lipinski definition) is 1. The smallest absolute Gasteiger partial charge is 0.256 e. The topological polar surface area (TPSA) is 60.3 Å². The Labute approximate surface area is 134 Å². The molecule has 1 fully saturated rings. The molecule has 1 amide bonds. The van der Waals surface area contributed by atoms with E-state index in [0.717, 1.165) is 44.4 Å². The first-order chi connectivity index (χ1) is 11.2. The van der Waals surface area contributed by atoms with Crippen LogP contribution in [0.2, 0.25) is 0 Å². The number of pyridine rings is 1. The fraction of sp³-hybridized carbons (Fsp3) is 0.444. The van der Waals surface area contributed by atoms with Gasteiger partial charge < -0.3 is 14.6 Å². The summed E-state index contributed by atoms with van der Waals surface area (Å²) in [7, 11) is 0. The summed E-state index contributed by atoms with van der Waals surface area (Å²) in [4.78, 5) is 25.2. The third-order valence-electron chi connectivity index (χ3n) is 4.79. The van der Waals surface area contributed by atoms with E-state index in [-0.39, 0.29) is 23.0 Å². The molecule has 0 spiro atoms. The van der Waals surface area contributed by atoms with E-state index >= 15 is 0 Å². The molecule has 0 radical (unpaired) electrons. The van der Waals surface area contributed by atoms with Crippen molar-refractivity contribution in [2.45, 2.75) is 38.3 Å². The van der Waals surface area contributed by atoms with E-state index in [1.807, 2.05) is 12.1 Å². The lowest BCUT2D eigenvalue weighted by atomic mass is 10.00. The molecule has 1 saturated heterocycles. The van der Waals surface area contributed by atoms with Gasteiger partial charge in [-0.15, -0.1) is 0 Å². The minimum atomic E-state index is -0.299. The fourth-order valence-corrected chi connectivity index (χ4v) is 3.62. The maximum atomic E-state index is 12.7. The van der Waals surface area contributed by atoms with Gasteiger partial charge >= 0.3 is 0 Å². The van der Waals surface area contributed by atoms with Crippen molar-refractivity contribution >= 4 is 16.8 Å². The maximum Gasteiger partial charge on any atom is 0.256 e. The van der Waals surface area contributed by atoms with Crippen LogP contribution < -0.4 is 10.7 Å². The van der Waals surface area contributed by atoms with Crippen molar-refractivity contribution in [1.29, 1.82) is 0 Å². The number of rotatable bonds is 3. The average molecular weight is 312 g/mol. The lowest BCUT2D eigenvalue weighted by Crippen LogP contribution is -2.35. The summed E-state index contributed by atoms with van der Waals surface area (Å²) in [5, 5.41) is 3.50. The Kier molecular flexibility index (Phi) is 3.65. The second-order valence-corrected chi connectivity index (χ2v) is 6.33. The molecule has 4 rings (SSSR count). The van der Waals surface area contributed by atoms with Crippen LogP contribution in [-0.2, 0) is 17.7 Å². The van der Waals surface area contributed by atoms with Crippen molar-refractivity contribution in [1.82, 2.24) is 9.88 Å². The number of para-hydroxylation sites is 1. The molecule has 5 heteroatoms. The van der Waals surface area contributed by atoms with Gasteiger partial charge in [0.1, 0.15) is 5.56 Å². The summed E-state index contributed by atoms with van der Waals surface area (Å²) in [5.41, 5.74) is 2.23. The van der Waals surface area contributed by atoms with Crippen molar-refractivity contribution < 1.29 is 9.53 Å². The molecule has 1 aromatic heterocycles.